The molecule has 1 saturated carbocycles. The highest BCUT2D eigenvalue weighted by Crippen LogP contribution is 2.59. The van der Waals surface area contributed by atoms with Crippen LogP contribution in [0.5, 0.6) is 0 Å². The van der Waals surface area contributed by atoms with Crippen molar-refractivity contribution in [3.05, 3.63) is 46.0 Å². The molecule has 6 nitrogen and oxygen atoms in total. The summed E-state index contributed by atoms with van der Waals surface area (Å²) in [5, 5.41) is 12.6. The van der Waals surface area contributed by atoms with Crippen molar-refractivity contribution < 1.29 is 4.79 Å². The maximum atomic E-state index is 12.7. The highest BCUT2D eigenvalue weighted by atomic mass is 32.1. The van der Waals surface area contributed by atoms with Crippen molar-refractivity contribution in [3.8, 4) is 0 Å². The van der Waals surface area contributed by atoms with E-state index in [9.17, 15) is 4.79 Å². The number of anilines is 1. The molecule has 27 heavy (non-hydrogen) atoms. The summed E-state index contributed by atoms with van der Waals surface area (Å²) in [5.41, 5.74) is 2.09. The van der Waals surface area contributed by atoms with Gasteiger partial charge in [-0.15, -0.1) is 17.9 Å². The number of hydrogen-bond donors (Lipinski definition) is 2. The van der Waals surface area contributed by atoms with E-state index in [4.69, 9.17) is 12.2 Å². The molecule has 0 aliphatic heterocycles. The van der Waals surface area contributed by atoms with Gasteiger partial charge in [0, 0.05) is 11.9 Å². The number of allylic oxidation sites excluding steroid dienone is 3. The van der Waals surface area contributed by atoms with Crippen molar-refractivity contribution in [2.45, 2.75) is 40.7 Å². The number of nitrogens with one attached hydrogen (secondary N) is 2. The molecule has 144 valence electrons. The summed E-state index contributed by atoms with van der Waals surface area (Å²) in [6, 6.07) is 0. The second kappa shape index (κ2) is 7.52. The van der Waals surface area contributed by atoms with Crippen molar-refractivity contribution in [2.75, 3.05) is 5.32 Å². The first-order valence-electron chi connectivity index (χ1n) is 8.89. The molecule has 0 aromatic carbocycles. The van der Waals surface area contributed by atoms with Gasteiger partial charge < -0.3 is 5.32 Å². The summed E-state index contributed by atoms with van der Waals surface area (Å²) in [6.07, 6.45) is 4.52. The van der Waals surface area contributed by atoms with Crippen LogP contribution in [0, 0.1) is 22.0 Å². The van der Waals surface area contributed by atoms with Crippen LogP contribution < -0.4 is 5.32 Å². The summed E-state index contributed by atoms with van der Waals surface area (Å²) in [6.45, 7) is 12.8. The molecule has 2 aromatic rings. The van der Waals surface area contributed by atoms with E-state index in [1.165, 1.54) is 16.9 Å². The zero-order chi connectivity index (χ0) is 19.8. The van der Waals surface area contributed by atoms with Gasteiger partial charge >= 0.3 is 0 Å². The van der Waals surface area contributed by atoms with Gasteiger partial charge in [0.15, 0.2) is 9.90 Å². The van der Waals surface area contributed by atoms with Crippen molar-refractivity contribution in [1.82, 2.24) is 19.7 Å². The monoisotopic (exact) mass is 403 g/mol. The SMILES string of the molecule is C=CCn1c(Cc2csc(NC(=O)C3C(C=C(C)C)C3(C)C)n2)n[nH]c1=S. The Morgan fingerprint density at radius 2 is 2.26 bits per heavy atom. The lowest BCUT2D eigenvalue weighted by Gasteiger charge is -2.03. The number of rotatable bonds is 7. The van der Waals surface area contributed by atoms with E-state index in [1.54, 1.807) is 6.08 Å². The van der Waals surface area contributed by atoms with E-state index in [-0.39, 0.29) is 23.2 Å². The second-order valence-electron chi connectivity index (χ2n) is 7.72. The summed E-state index contributed by atoms with van der Waals surface area (Å²) in [5.74, 6) is 1.12. The minimum atomic E-state index is -0.0105. The fourth-order valence-corrected chi connectivity index (χ4v) is 4.38. The van der Waals surface area contributed by atoms with Gasteiger partial charge in [-0.3, -0.25) is 14.5 Å². The van der Waals surface area contributed by atoms with Crippen LogP contribution >= 0.6 is 23.6 Å². The van der Waals surface area contributed by atoms with E-state index < -0.39 is 0 Å². The summed E-state index contributed by atoms with van der Waals surface area (Å²) < 4.78 is 2.45. The molecule has 1 aliphatic carbocycles. The van der Waals surface area contributed by atoms with Crippen LogP contribution in [0.4, 0.5) is 5.13 Å². The van der Waals surface area contributed by atoms with Crippen LogP contribution in [0.15, 0.2) is 29.7 Å². The van der Waals surface area contributed by atoms with E-state index >= 15 is 0 Å². The van der Waals surface area contributed by atoms with Gasteiger partial charge in [-0.25, -0.2) is 4.98 Å². The minimum Gasteiger partial charge on any atom is -0.302 e. The average molecular weight is 404 g/mol. The Hall–Kier alpha value is -2.06. The molecular formula is C19H25N5OS2. The Labute approximate surface area is 168 Å². The number of aromatic amines is 1. The Balaban J connectivity index is 1.67. The third kappa shape index (κ3) is 4.11. The lowest BCUT2D eigenvalue weighted by atomic mass is 10.1. The Bertz CT molecular complexity index is 945. The van der Waals surface area contributed by atoms with Crippen LogP contribution in [0.3, 0.4) is 0 Å². The summed E-state index contributed by atoms with van der Waals surface area (Å²) >= 11 is 6.66. The first-order chi connectivity index (χ1) is 12.7. The van der Waals surface area contributed by atoms with Crippen molar-refractivity contribution >= 4 is 34.6 Å². The molecule has 0 saturated heterocycles. The molecule has 2 heterocycles. The van der Waals surface area contributed by atoms with Gasteiger partial charge in [-0.1, -0.05) is 31.6 Å². The number of thiazole rings is 1. The zero-order valence-electron chi connectivity index (χ0n) is 16.1. The molecule has 3 rings (SSSR count). The normalized spacial score (nSPS) is 20.1. The lowest BCUT2D eigenvalue weighted by Crippen LogP contribution is -2.16. The molecular weight excluding hydrogens is 378 g/mol. The molecule has 2 aromatic heterocycles. The molecule has 2 N–H and O–H groups in total. The minimum absolute atomic E-state index is 0.00737. The lowest BCUT2D eigenvalue weighted by molar-refractivity contribution is -0.118. The third-order valence-electron chi connectivity index (χ3n) is 4.98. The average Bonchev–Trinajstić information content (AvgIpc) is 2.91. The maximum absolute atomic E-state index is 12.7. The van der Waals surface area contributed by atoms with Gasteiger partial charge in [-0.05, 0) is 37.4 Å². The molecule has 2 unspecified atom stereocenters. The van der Waals surface area contributed by atoms with Gasteiger partial charge in [0.2, 0.25) is 5.91 Å². The number of hydrogen-bond acceptors (Lipinski definition) is 5. The Morgan fingerprint density at radius 1 is 1.52 bits per heavy atom. The van der Waals surface area contributed by atoms with Gasteiger partial charge in [0.1, 0.15) is 5.82 Å². The first kappa shape index (κ1) is 19.7. The molecule has 0 bridgehead atoms. The smallest absolute Gasteiger partial charge is 0.230 e. The van der Waals surface area contributed by atoms with Crippen LogP contribution in [0.25, 0.3) is 0 Å². The summed E-state index contributed by atoms with van der Waals surface area (Å²) in [7, 11) is 0. The molecule has 1 fully saturated rings. The van der Waals surface area contributed by atoms with Crippen molar-refractivity contribution in [3.63, 3.8) is 0 Å². The van der Waals surface area contributed by atoms with Crippen LogP contribution in [0.2, 0.25) is 0 Å². The number of aromatic nitrogens is 4. The summed E-state index contributed by atoms with van der Waals surface area (Å²) in [4.78, 5) is 17.2. The quantitative estimate of drug-likeness (QED) is 0.532. The van der Waals surface area contributed by atoms with E-state index in [0.29, 0.717) is 22.9 Å². The number of nitrogens with zero attached hydrogens (tertiary/aromatic N) is 3. The second-order valence-corrected chi connectivity index (χ2v) is 8.97. The number of H-pyrrole nitrogens is 1. The number of carbonyl (C=O) groups excluding carboxylic acids is 1. The third-order valence-corrected chi connectivity index (χ3v) is 6.09. The Morgan fingerprint density at radius 3 is 2.93 bits per heavy atom. The van der Waals surface area contributed by atoms with Gasteiger partial charge in [0.25, 0.3) is 0 Å². The van der Waals surface area contributed by atoms with E-state index in [2.05, 4.69) is 60.8 Å². The van der Waals surface area contributed by atoms with Gasteiger partial charge in [-0.2, -0.15) is 5.10 Å². The van der Waals surface area contributed by atoms with Gasteiger partial charge in [0.05, 0.1) is 18.0 Å². The molecule has 8 heteroatoms. The first-order valence-corrected chi connectivity index (χ1v) is 10.2. The topological polar surface area (TPSA) is 75.6 Å². The zero-order valence-corrected chi connectivity index (χ0v) is 17.7. The highest BCUT2D eigenvalue weighted by molar-refractivity contribution is 7.71. The fourth-order valence-electron chi connectivity index (χ4n) is 3.44. The molecule has 1 aliphatic rings. The molecule has 1 amide bonds. The van der Waals surface area contributed by atoms with Crippen molar-refractivity contribution in [2.24, 2.45) is 17.3 Å². The predicted molar refractivity (Wildman–Crippen MR) is 111 cm³/mol. The number of carbonyl (C=O) groups is 1. The Kier molecular flexibility index (Phi) is 5.48. The largest absolute Gasteiger partial charge is 0.302 e. The standard InChI is InChI=1S/C19H25N5OS2/c1-6-7-24-14(22-23-18(24)26)9-12-10-27-17(20-12)21-16(25)15-13(8-11(2)3)19(15,4)5/h6,8,10,13,15H,1,7,9H2,2-5H3,(H,23,26)(H,20,21,25). The van der Waals surface area contributed by atoms with E-state index in [1.807, 2.05) is 9.95 Å². The van der Waals surface area contributed by atoms with Crippen LogP contribution in [-0.4, -0.2) is 25.7 Å². The van der Waals surface area contributed by atoms with Crippen LogP contribution in [-0.2, 0) is 17.8 Å². The molecule has 0 spiro atoms. The fraction of sp³-hybridized carbons (Fsp3) is 0.474. The van der Waals surface area contributed by atoms with Crippen molar-refractivity contribution in [1.29, 1.82) is 0 Å². The number of amides is 1. The molecule has 2 atom stereocenters. The highest BCUT2D eigenvalue weighted by Gasteiger charge is 2.60. The predicted octanol–water partition coefficient (Wildman–Crippen LogP) is 4.35. The van der Waals surface area contributed by atoms with E-state index in [0.717, 1.165) is 11.5 Å². The molecule has 0 radical (unpaired) electrons. The van der Waals surface area contributed by atoms with Crippen LogP contribution in [0.1, 0.15) is 39.2 Å². The maximum Gasteiger partial charge on any atom is 0.230 e.